The third kappa shape index (κ3) is 5.91. The van der Waals surface area contributed by atoms with Crippen molar-refractivity contribution in [3.8, 4) is 44.5 Å². The highest BCUT2D eigenvalue weighted by molar-refractivity contribution is 6.02. The molecule has 1 atom stereocenters. The molecule has 2 heteroatoms. The van der Waals surface area contributed by atoms with E-state index in [4.69, 9.17) is 0 Å². The molecule has 0 aromatic heterocycles. The first-order valence-corrected chi connectivity index (χ1v) is 26.1. The van der Waals surface area contributed by atoms with Gasteiger partial charge in [0.25, 0.3) is 0 Å². The zero-order valence-electron chi connectivity index (χ0n) is 41.6. The van der Waals surface area contributed by atoms with Crippen molar-refractivity contribution in [2.45, 2.75) is 17.8 Å². The molecule has 0 radical (unpaired) electrons. The number of nitrogens with zero attached hydrogens (tertiary/aromatic N) is 2. The molecule has 0 N–H and O–H groups in total. The van der Waals surface area contributed by atoms with Gasteiger partial charge in [0.15, 0.2) is 0 Å². The van der Waals surface area contributed by atoms with E-state index in [1.807, 2.05) is 12.2 Å². The minimum atomic E-state index is -0.543. The van der Waals surface area contributed by atoms with E-state index in [2.05, 4.69) is 284 Å². The summed E-state index contributed by atoms with van der Waals surface area (Å²) in [6.45, 7) is 6.13. The second-order valence-electron chi connectivity index (χ2n) is 20.4. The van der Waals surface area contributed by atoms with Crippen molar-refractivity contribution in [1.82, 2.24) is 0 Å². The van der Waals surface area contributed by atoms with Crippen LogP contribution in [0.15, 0.2) is 285 Å². The number of anilines is 5. The maximum atomic E-state index is 3.92. The zero-order valence-corrected chi connectivity index (χ0v) is 41.6. The Bertz CT molecular complexity index is 4160. The summed E-state index contributed by atoms with van der Waals surface area (Å²) in [5.41, 5.74) is 26.5. The third-order valence-electron chi connectivity index (χ3n) is 16.8. The van der Waals surface area contributed by atoms with Crippen LogP contribution in [0.5, 0.6) is 0 Å². The molecule has 1 spiro atoms. The lowest BCUT2D eigenvalue weighted by Crippen LogP contribution is -2.36. The summed E-state index contributed by atoms with van der Waals surface area (Å²) in [6, 6.07) is 93.5. The molecule has 352 valence electrons. The fourth-order valence-electron chi connectivity index (χ4n) is 13.9. The van der Waals surface area contributed by atoms with Crippen LogP contribution in [0.4, 0.5) is 28.4 Å². The lowest BCUT2D eigenvalue weighted by Gasteiger charge is -2.45. The first kappa shape index (κ1) is 43.1. The molecule has 1 unspecified atom stereocenters. The standard InChI is InChI=1S/C73H50N2/c1-3-4-6-21-48(2)74-69-35-18-17-34-65(69)72(52-24-7-5-8-25-52)66-46-51(40-44-60(66)61-30-20-37-70(74)71(61)72)49-38-41-53(42-39-49)75(68-36-19-23-50-22-9-10-26-55(50)68)54-43-45-59-58-29-13-16-33-64(58)73(67(59)47-54)62-31-14-11-27-56(62)57-28-12-15-32-63(57)73/h3-47H,1H2,2H3/b6-4-,48-21+. The van der Waals surface area contributed by atoms with Gasteiger partial charge in [-0.3, -0.25) is 0 Å². The Kier molecular flexibility index (Phi) is 9.49. The molecule has 0 fully saturated rings. The highest BCUT2D eigenvalue weighted by Crippen LogP contribution is 2.66. The number of fused-ring (bicyclic) bond motifs is 16. The zero-order chi connectivity index (χ0) is 49.8. The van der Waals surface area contributed by atoms with Crippen LogP contribution < -0.4 is 9.80 Å². The van der Waals surface area contributed by atoms with Crippen LogP contribution in [-0.2, 0) is 10.8 Å². The van der Waals surface area contributed by atoms with Crippen molar-refractivity contribution in [3.05, 3.63) is 330 Å². The SMILES string of the molecule is C=C/C=C\C=C(/C)N1c2ccccc2C2(c3ccccc3)c3cc(-c4ccc(N(c5ccc6c(c5)C5(c7ccccc7-c7ccccc75)c5ccccc5-6)c5cccc6ccccc56)cc4)ccc3-c3cccc1c32. The monoisotopic (exact) mass is 954 g/mol. The number of hydrogen-bond acceptors (Lipinski definition) is 2. The molecule has 75 heavy (non-hydrogen) atoms. The quantitative estimate of drug-likeness (QED) is 0.140. The molecule has 2 nitrogen and oxygen atoms in total. The number of allylic oxidation sites excluding steroid dienone is 5. The van der Waals surface area contributed by atoms with E-state index < -0.39 is 10.8 Å². The minimum absolute atomic E-state index is 0.454. The van der Waals surface area contributed by atoms with Crippen molar-refractivity contribution in [2.75, 3.05) is 9.80 Å². The number of benzene rings is 11. The van der Waals surface area contributed by atoms with Gasteiger partial charge in [-0.1, -0.05) is 225 Å². The van der Waals surface area contributed by atoms with E-state index in [1.54, 1.807) is 0 Å². The molecule has 11 aromatic rings. The van der Waals surface area contributed by atoms with Crippen LogP contribution >= 0.6 is 0 Å². The summed E-state index contributed by atoms with van der Waals surface area (Å²) in [5, 5.41) is 2.41. The van der Waals surface area contributed by atoms with Crippen molar-refractivity contribution in [1.29, 1.82) is 0 Å². The topological polar surface area (TPSA) is 6.48 Å². The Morgan fingerprint density at radius 2 is 0.947 bits per heavy atom. The first-order valence-electron chi connectivity index (χ1n) is 26.1. The summed E-state index contributed by atoms with van der Waals surface area (Å²) in [5.74, 6) is 0. The van der Waals surface area contributed by atoms with Crippen LogP contribution in [-0.4, -0.2) is 0 Å². The molecule has 0 saturated carbocycles. The smallest absolute Gasteiger partial charge is 0.0754 e. The Balaban J connectivity index is 0.903. The molecule has 4 aliphatic rings. The van der Waals surface area contributed by atoms with Gasteiger partial charge in [-0.25, -0.2) is 0 Å². The van der Waals surface area contributed by atoms with Crippen LogP contribution in [0.2, 0.25) is 0 Å². The van der Waals surface area contributed by atoms with Crippen molar-refractivity contribution >= 4 is 39.2 Å². The predicted octanol–water partition coefficient (Wildman–Crippen LogP) is 18.8. The van der Waals surface area contributed by atoms with Crippen LogP contribution in [0.1, 0.15) is 51.4 Å². The van der Waals surface area contributed by atoms with Crippen LogP contribution in [0.25, 0.3) is 55.3 Å². The van der Waals surface area contributed by atoms with Gasteiger partial charge in [0.2, 0.25) is 0 Å². The third-order valence-corrected chi connectivity index (χ3v) is 16.8. The highest BCUT2D eigenvalue weighted by atomic mass is 15.2. The van der Waals surface area contributed by atoms with Gasteiger partial charge >= 0.3 is 0 Å². The predicted molar refractivity (Wildman–Crippen MR) is 313 cm³/mol. The minimum Gasteiger partial charge on any atom is -0.314 e. The summed E-state index contributed by atoms with van der Waals surface area (Å²) < 4.78 is 0. The summed E-state index contributed by atoms with van der Waals surface area (Å²) >= 11 is 0. The van der Waals surface area contributed by atoms with Gasteiger partial charge in [0.1, 0.15) is 0 Å². The molecule has 0 saturated heterocycles. The lowest BCUT2D eigenvalue weighted by atomic mass is 9.64. The molecule has 0 amide bonds. The molecule has 15 rings (SSSR count). The Morgan fingerprint density at radius 3 is 1.68 bits per heavy atom. The average molecular weight is 955 g/mol. The second kappa shape index (κ2) is 16.5. The fraction of sp³-hybridized carbons (Fsp3) is 0.0411. The Labute approximate surface area is 438 Å². The van der Waals surface area contributed by atoms with Gasteiger partial charge in [0, 0.05) is 28.0 Å². The molecule has 11 aromatic carbocycles. The second-order valence-corrected chi connectivity index (χ2v) is 20.4. The van der Waals surface area contributed by atoms with Crippen LogP contribution in [0.3, 0.4) is 0 Å². The van der Waals surface area contributed by atoms with Gasteiger partial charge in [-0.05, 0) is 150 Å². The van der Waals surface area contributed by atoms with Gasteiger partial charge in [-0.2, -0.15) is 0 Å². The fourth-order valence-corrected chi connectivity index (χ4v) is 13.9. The van der Waals surface area contributed by atoms with E-state index in [0.717, 1.165) is 22.8 Å². The van der Waals surface area contributed by atoms with E-state index >= 15 is 0 Å². The van der Waals surface area contributed by atoms with E-state index in [1.165, 1.54) is 111 Å². The van der Waals surface area contributed by atoms with E-state index in [9.17, 15) is 0 Å². The van der Waals surface area contributed by atoms with Gasteiger partial charge in [-0.15, -0.1) is 0 Å². The lowest BCUT2D eigenvalue weighted by molar-refractivity contribution is 0.749. The number of para-hydroxylation sites is 1. The molecular weight excluding hydrogens is 905 g/mol. The molecular formula is C73H50N2. The molecule has 0 bridgehead atoms. The summed E-state index contributed by atoms with van der Waals surface area (Å²) in [4.78, 5) is 4.93. The van der Waals surface area contributed by atoms with Gasteiger partial charge < -0.3 is 9.80 Å². The maximum absolute atomic E-state index is 3.92. The molecule has 3 aliphatic carbocycles. The highest BCUT2D eigenvalue weighted by Gasteiger charge is 2.53. The van der Waals surface area contributed by atoms with E-state index in [0.29, 0.717) is 0 Å². The normalized spacial score (nSPS) is 15.7. The number of rotatable bonds is 8. The Morgan fingerprint density at radius 1 is 0.413 bits per heavy atom. The van der Waals surface area contributed by atoms with Crippen molar-refractivity contribution < 1.29 is 0 Å². The average Bonchev–Trinajstić information content (AvgIpc) is 4.09. The Hall–Kier alpha value is -9.50. The largest absolute Gasteiger partial charge is 0.314 e. The summed E-state index contributed by atoms with van der Waals surface area (Å²) in [7, 11) is 0. The maximum Gasteiger partial charge on any atom is 0.0754 e. The molecule has 1 heterocycles. The summed E-state index contributed by atoms with van der Waals surface area (Å²) in [6.07, 6.45) is 8.08. The van der Waals surface area contributed by atoms with Gasteiger partial charge in [0.05, 0.1) is 27.9 Å². The van der Waals surface area contributed by atoms with E-state index in [-0.39, 0.29) is 0 Å². The number of hydrogen-bond donors (Lipinski definition) is 0. The van der Waals surface area contributed by atoms with Crippen molar-refractivity contribution in [2.24, 2.45) is 0 Å². The van der Waals surface area contributed by atoms with Crippen molar-refractivity contribution in [3.63, 3.8) is 0 Å². The molecule has 1 aliphatic heterocycles. The first-order chi connectivity index (χ1) is 37.1. The van der Waals surface area contributed by atoms with Crippen LogP contribution in [0, 0.1) is 0 Å².